The summed E-state index contributed by atoms with van der Waals surface area (Å²) in [4.78, 5) is 3.21. The number of hydrogen-bond donors (Lipinski definition) is 1. The van der Waals surface area contributed by atoms with Crippen molar-refractivity contribution in [1.29, 1.82) is 0 Å². The number of halogens is 1. The first-order chi connectivity index (χ1) is 6.22. The molecule has 1 heterocycles. The summed E-state index contributed by atoms with van der Waals surface area (Å²) in [6.07, 6.45) is 0. The number of aromatic nitrogens is 1. The lowest BCUT2D eigenvalue weighted by molar-refractivity contribution is 0.415. The molecule has 0 saturated carbocycles. The van der Waals surface area contributed by atoms with Gasteiger partial charge in [0.1, 0.15) is 5.75 Å². The zero-order valence-electron chi connectivity index (χ0n) is 7.52. The molecule has 0 fully saturated rings. The Kier molecular flexibility index (Phi) is 1.93. The van der Waals surface area contributed by atoms with E-state index in [1.807, 2.05) is 25.1 Å². The van der Waals surface area contributed by atoms with Crippen LogP contribution in [0.25, 0.3) is 10.9 Å². The molecule has 0 bridgehead atoms. The van der Waals surface area contributed by atoms with Gasteiger partial charge in [-0.3, -0.25) is 0 Å². The fourth-order valence-corrected chi connectivity index (χ4v) is 1.74. The van der Waals surface area contributed by atoms with Crippen LogP contribution >= 0.6 is 11.6 Å². The minimum absolute atomic E-state index is 0.671. The van der Waals surface area contributed by atoms with E-state index in [1.54, 1.807) is 7.11 Å². The Hall–Kier alpha value is -1.15. The molecule has 68 valence electrons. The Morgan fingerprint density at radius 1 is 1.38 bits per heavy atom. The van der Waals surface area contributed by atoms with Gasteiger partial charge in [0.2, 0.25) is 0 Å². The first-order valence-electron chi connectivity index (χ1n) is 4.04. The van der Waals surface area contributed by atoms with E-state index in [0.717, 1.165) is 16.6 Å². The molecule has 0 amide bonds. The molecular formula is C10H10ClNO. The van der Waals surface area contributed by atoms with Gasteiger partial charge in [-0.2, -0.15) is 0 Å². The van der Waals surface area contributed by atoms with E-state index < -0.39 is 0 Å². The highest BCUT2D eigenvalue weighted by molar-refractivity contribution is 6.37. The van der Waals surface area contributed by atoms with Crippen LogP contribution in [0.15, 0.2) is 18.2 Å². The minimum Gasteiger partial charge on any atom is -0.495 e. The summed E-state index contributed by atoms with van der Waals surface area (Å²) in [5.41, 5.74) is 2.15. The van der Waals surface area contributed by atoms with Gasteiger partial charge in [0.25, 0.3) is 0 Å². The summed E-state index contributed by atoms with van der Waals surface area (Å²) in [7, 11) is 1.62. The molecule has 0 radical (unpaired) electrons. The van der Waals surface area contributed by atoms with Crippen LogP contribution in [0.2, 0.25) is 5.02 Å². The molecule has 2 aromatic rings. The van der Waals surface area contributed by atoms with E-state index >= 15 is 0 Å². The minimum atomic E-state index is 0.671. The Bertz CT molecular complexity index is 447. The van der Waals surface area contributed by atoms with Crippen molar-refractivity contribution >= 4 is 22.5 Å². The van der Waals surface area contributed by atoms with Crippen molar-refractivity contribution in [3.05, 3.63) is 28.9 Å². The number of aromatic amines is 1. The van der Waals surface area contributed by atoms with Crippen LogP contribution in [0.5, 0.6) is 5.75 Å². The fraction of sp³-hybridized carbons (Fsp3) is 0.200. The van der Waals surface area contributed by atoms with Gasteiger partial charge < -0.3 is 9.72 Å². The average Bonchev–Trinajstić information content (AvgIpc) is 2.47. The molecule has 2 nitrogen and oxygen atoms in total. The Balaban J connectivity index is 2.78. The van der Waals surface area contributed by atoms with Gasteiger partial charge in [-0.15, -0.1) is 0 Å². The fourth-order valence-electron chi connectivity index (χ4n) is 1.45. The van der Waals surface area contributed by atoms with Crippen LogP contribution in [0.4, 0.5) is 0 Å². The number of benzene rings is 1. The molecule has 0 unspecified atom stereocenters. The summed E-state index contributed by atoms with van der Waals surface area (Å²) in [6.45, 7) is 2.00. The third-order valence-electron chi connectivity index (χ3n) is 2.06. The van der Waals surface area contributed by atoms with Gasteiger partial charge in [0.05, 0.1) is 12.1 Å². The highest BCUT2D eigenvalue weighted by atomic mass is 35.5. The predicted molar refractivity (Wildman–Crippen MR) is 54.6 cm³/mol. The quantitative estimate of drug-likeness (QED) is 0.743. The highest BCUT2D eigenvalue weighted by Gasteiger charge is 2.06. The molecule has 1 N–H and O–H groups in total. The standard InChI is InChI=1S/C10H10ClNO/c1-6-5-7-8(12-6)3-4-9(13-2)10(7)11/h3-5,12H,1-2H3. The van der Waals surface area contributed by atoms with Gasteiger partial charge in [-0.1, -0.05) is 11.6 Å². The van der Waals surface area contributed by atoms with Crippen molar-refractivity contribution < 1.29 is 4.74 Å². The van der Waals surface area contributed by atoms with Crippen LogP contribution < -0.4 is 4.74 Å². The number of fused-ring (bicyclic) bond motifs is 1. The Labute approximate surface area is 81.5 Å². The Morgan fingerprint density at radius 3 is 2.85 bits per heavy atom. The molecule has 0 spiro atoms. The lowest BCUT2D eigenvalue weighted by Gasteiger charge is -2.02. The lowest BCUT2D eigenvalue weighted by atomic mass is 10.2. The maximum atomic E-state index is 6.11. The van der Waals surface area contributed by atoms with Crippen LogP contribution in [-0.4, -0.2) is 12.1 Å². The molecule has 13 heavy (non-hydrogen) atoms. The van der Waals surface area contributed by atoms with Crippen LogP contribution in [0, 0.1) is 6.92 Å². The molecule has 1 aromatic heterocycles. The maximum absolute atomic E-state index is 6.11. The van der Waals surface area contributed by atoms with E-state index in [4.69, 9.17) is 16.3 Å². The molecule has 0 aliphatic rings. The molecule has 0 saturated heterocycles. The third kappa shape index (κ3) is 1.27. The van der Waals surface area contributed by atoms with E-state index in [-0.39, 0.29) is 0 Å². The topological polar surface area (TPSA) is 25.0 Å². The monoisotopic (exact) mass is 195 g/mol. The third-order valence-corrected chi connectivity index (χ3v) is 2.45. The number of nitrogens with one attached hydrogen (secondary N) is 1. The molecule has 3 heteroatoms. The van der Waals surface area contributed by atoms with E-state index in [1.165, 1.54) is 0 Å². The number of H-pyrrole nitrogens is 1. The van der Waals surface area contributed by atoms with Gasteiger partial charge in [-0.05, 0) is 25.1 Å². The first kappa shape index (κ1) is 8.45. The van der Waals surface area contributed by atoms with Crippen molar-refractivity contribution in [2.75, 3.05) is 7.11 Å². The summed E-state index contributed by atoms with van der Waals surface area (Å²) < 4.78 is 5.12. The van der Waals surface area contributed by atoms with Gasteiger partial charge in [0.15, 0.2) is 0 Å². The number of methoxy groups -OCH3 is 1. The number of aryl methyl sites for hydroxylation is 1. The number of hydrogen-bond acceptors (Lipinski definition) is 1. The summed E-state index contributed by atoms with van der Waals surface area (Å²) in [5.74, 6) is 0.716. The lowest BCUT2D eigenvalue weighted by Crippen LogP contribution is -1.83. The van der Waals surface area contributed by atoms with Crippen LogP contribution in [-0.2, 0) is 0 Å². The van der Waals surface area contributed by atoms with Gasteiger partial charge >= 0.3 is 0 Å². The first-order valence-corrected chi connectivity index (χ1v) is 4.42. The van der Waals surface area contributed by atoms with Crippen molar-refractivity contribution in [1.82, 2.24) is 4.98 Å². The summed E-state index contributed by atoms with van der Waals surface area (Å²) >= 11 is 6.11. The van der Waals surface area contributed by atoms with Gasteiger partial charge in [0, 0.05) is 16.6 Å². The maximum Gasteiger partial charge on any atom is 0.138 e. The number of rotatable bonds is 1. The SMILES string of the molecule is COc1ccc2[nH]c(C)cc2c1Cl. The van der Waals surface area contributed by atoms with Crippen molar-refractivity contribution in [3.63, 3.8) is 0 Å². The number of ether oxygens (including phenoxy) is 1. The molecular weight excluding hydrogens is 186 g/mol. The van der Waals surface area contributed by atoms with E-state index in [0.29, 0.717) is 10.8 Å². The van der Waals surface area contributed by atoms with Crippen molar-refractivity contribution in [3.8, 4) is 5.75 Å². The average molecular weight is 196 g/mol. The zero-order valence-corrected chi connectivity index (χ0v) is 8.27. The van der Waals surface area contributed by atoms with E-state index in [2.05, 4.69) is 4.98 Å². The van der Waals surface area contributed by atoms with Crippen LogP contribution in [0.3, 0.4) is 0 Å². The molecule has 2 rings (SSSR count). The molecule has 0 aliphatic carbocycles. The second kappa shape index (κ2) is 2.96. The largest absolute Gasteiger partial charge is 0.495 e. The smallest absolute Gasteiger partial charge is 0.138 e. The summed E-state index contributed by atoms with van der Waals surface area (Å²) in [6, 6.07) is 5.84. The van der Waals surface area contributed by atoms with Crippen molar-refractivity contribution in [2.45, 2.75) is 6.92 Å². The summed E-state index contributed by atoms with van der Waals surface area (Å²) in [5, 5.41) is 1.68. The zero-order chi connectivity index (χ0) is 9.42. The molecule has 0 aliphatic heterocycles. The van der Waals surface area contributed by atoms with E-state index in [9.17, 15) is 0 Å². The molecule has 0 atom stereocenters. The van der Waals surface area contributed by atoms with Gasteiger partial charge in [-0.25, -0.2) is 0 Å². The molecule has 1 aromatic carbocycles. The normalized spacial score (nSPS) is 10.7. The Morgan fingerprint density at radius 2 is 2.15 bits per heavy atom. The predicted octanol–water partition coefficient (Wildman–Crippen LogP) is 3.14. The van der Waals surface area contributed by atoms with Crippen LogP contribution in [0.1, 0.15) is 5.69 Å². The van der Waals surface area contributed by atoms with Crippen molar-refractivity contribution in [2.24, 2.45) is 0 Å². The second-order valence-corrected chi connectivity index (χ2v) is 3.37. The highest BCUT2D eigenvalue weighted by Crippen LogP contribution is 2.32. The second-order valence-electron chi connectivity index (χ2n) is 3.00.